The van der Waals surface area contributed by atoms with Crippen molar-refractivity contribution in [2.45, 2.75) is 13.3 Å². The number of nitrogens with zero attached hydrogens (tertiary/aromatic N) is 5. The smallest absolute Gasteiger partial charge is 0.332 e. The summed E-state index contributed by atoms with van der Waals surface area (Å²) in [4.78, 5) is 19.5. The van der Waals surface area contributed by atoms with Crippen molar-refractivity contribution >= 4 is 23.1 Å². The number of hydrogen-bond acceptors (Lipinski definition) is 6. The molecule has 0 bridgehead atoms. The maximum absolute atomic E-state index is 10.9. The highest BCUT2D eigenvalue weighted by Crippen LogP contribution is 2.28. The topological polar surface area (TPSA) is 96.0 Å². The Labute approximate surface area is 103 Å². The first-order valence-corrected chi connectivity index (χ1v) is 5.11. The molecule has 1 heterocycles. The predicted octanol–water partition coefficient (Wildman–Crippen LogP) is 1.70. The van der Waals surface area contributed by atoms with Crippen LogP contribution in [-0.4, -0.2) is 28.5 Å². The third-order valence-electron chi connectivity index (χ3n) is 2.12. The Kier molecular flexibility index (Phi) is 4.17. The zero-order chi connectivity index (χ0) is 13.0. The summed E-state index contributed by atoms with van der Waals surface area (Å²) < 4.78 is 0. The number of anilines is 1. The summed E-state index contributed by atoms with van der Waals surface area (Å²) in [5.41, 5.74) is 0.0173. The van der Waals surface area contributed by atoms with Gasteiger partial charge >= 0.3 is 5.69 Å². The lowest BCUT2D eigenvalue weighted by Crippen LogP contribution is -2.21. The Morgan fingerprint density at radius 2 is 2.24 bits per heavy atom. The van der Waals surface area contributed by atoms with E-state index in [2.05, 4.69) is 9.97 Å². The van der Waals surface area contributed by atoms with Crippen LogP contribution in [-0.2, 0) is 0 Å². The van der Waals surface area contributed by atoms with Crippen LogP contribution in [0.3, 0.4) is 0 Å². The van der Waals surface area contributed by atoms with Gasteiger partial charge in [0.25, 0.3) is 0 Å². The maximum atomic E-state index is 10.9. The molecule has 0 saturated carbocycles. The number of aryl methyl sites for hydroxylation is 1. The molecule has 0 aliphatic heterocycles. The van der Waals surface area contributed by atoms with Crippen LogP contribution in [0.4, 0.5) is 11.5 Å². The van der Waals surface area contributed by atoms with Gasteiger partial charge in [-0.25, -0.2) is 4.98 Å². The van der Waals surface area contributed by atoms with Crippen molar-refractivity contribution < 1.29 is 4.92 Å². The number of rotatable bonds is 4. The van der Waals surface area contributed by atoms with E-state index in [4.69, 9.17) is 16.9 Å². The molecule has 17 heavy (non-hydrogen) atoms. The zero-order valence-corrected chi connectivity index (χ0v) is 10.1. The summed E-state index contributed by atoms with van der Waals surface area (Å²) in [7, 11) is 1.61. The normalized spacial score (nSPS) is 9.76. The van der Waals surface area contributed by atoms with Gasteiger partial charge in [0.15, 0.2) is 0 Å². The Hall–Kier alpha value is -1.94. The molecule has 0 unspecified atom stereocenters. The minimum atomic E-state index is -0.552. The molecule has 0 aromatic carbocycles. The van der Waals surface area contributed by atoms with Crippen LogP contribution < -0.4 is 4.90 Å². The monoisotopic (exact) mass is 255 g/mol. The quantitative estimate of drug-likeness (QED) is 0.461. The minimum Gasteiger partial charge on any atom is -0.353 e. The fourth-order valence-electron chi connectivity index (χ4n) is 1.32. The van der Waals surface area contributed by atoms with Crippen molar-refractivity contribution in [2.75, 3.05) is 18.5 Å². The van der Waals surface area contributed by atoms with Gasteiger partial charge < -0.3 is 4.90 Å². The Morgan fingerprint density at radius 1 is 1.59 bits per heavy atom. The highest BCUT2D eigenvalue weighted by molar-refractivity contribution is 6.28. The van der Waals surface area contributed by atoms with E-state index in [9.17, 15) is 10.1 Å². The minimum absolute atomic E-state index is 0.0492. The second-order valence-corrected chi connectivity index (χ2v) is 3.68. The second-order valence-electron chi connectivity index (χ2n) is 3.34. The van der Waals surface area contributed by atoms with Crippen molar-refractivity contribution in [2.24, 2.45) is 0 Å². The zero-order valence-electron chi connectivity index (χ0n) is 9.34. The van der Waals surface area contributed by atoms with Crippen molar-refractivity contribution in [3.05, 3.63) is 21.1 Å². The molecule has 0 aliphatic carbocycles. The molecule has 0 saturated heterocycles. The molecule has 8 heteroatoms. The predicted molar refractivity (Wildman–Crippen MR) is 61.9 cm³/mol. The van der Waals surface area contributed by atoms with Gasteiger partial charge in [0.1, 0.15) is 5.69 Å². The molecule has 0 N–H and O–H groups in total. The third kappa shape index (κ3) is 3.01. The molecule has 0 fully saturated rings. The molecule has 1 aromatic heterocycles. The van der Waals surface area contributed by atoms with E-state index in [1.165, 1.54) is 11.8 Å². The average Bonchev–Trinajstić information content (AvgIpc) is 2.23. The van der Waals surface area contributed by atoms with Crippen LogP contribution in [0.2, 0.25) is 5.28 Å². The van der Waals surface area contributed by atoms with Gasteiger partial charge in [-0.1, -0.05) is 0 Å². The molecule has 90 valence electrons. The number of halogens is 1. The lowest BCUT2D eigenvalue weighted by Gasteiger charge is -2.16. The van der Waals surface area contributed by atoms with E-state index in [0.29, 0.717) is 6.54 Å². The molecule has 0 amide bonds. The number of aromatic nitrogens is 2. The number of nitro groups is 1. The summed E-state index contributed by atoms with van der Waals surface area (Å²) >= 11 is 5.67. The molecule has 7 nitrogen and oxygen atoms in total. The molecule has 1 rings (SSSR count). The van der Waals surface area contributed by atoms with Gasteiger partial charge in [-0.05, 0) is 18.5 Å². The summed E-state index contributed by atoms with van der Waals surface area (Å²) in [5, 5.41) is 19.4. The lowest BCUT2D eigenvalue weighted by molar-refractivity contribution is -0.385. The standard InChI is InChI=1S/C9H10ClN5O2/c1-6-7(15(16)17)8(13-9(10)12-6)14(2)5-3-4-11/h3,5H2,1-2H3. The van der Waals surface area contributed by atoms with Crippen LogP contribution >= 0.6 is 11.6 Å². The second kappa shape index (κ2) is 5.41. The van der Waals surface area contributed by atoms with Gasteiger partial charge in [-0.3, -0.25) is 10.1 Å². The SMILES string of the molecule is Cc1nc(Cl)nc(N(C)CCC#N)c1[N+](=O)[O-]. The van der Waals surface area contributed by atoms with Crippen molar-refractivity contribution in [3.63, 3.8) is 0 Å². The van der Waals surface area contributed by atoms with Crippen LogP contribution in [0.5, 0.6) is 0 Å². The van der Waals surface area contributed by atoms with E-state index in [1.807, 2.05) is 6.07 Å². The van der Waals surface area contributed by atoms with Crippen molar-refractivity contribution in [1.29, 1.82) is 5.26 Å². The lowest BCUT2D eigenvalue weighted by atomic mass is 10.3. The van der Waals surface area contributed by atoms with E-state index < -0.39 is 4.92 Å². The summed E-state index contributed by atoms with van der Waals surface area (Å²) in [6.45, 7) is 1.83. The van der Waals surface area contributed by atoms with Gasteiger partial charge in [0.2, 0.25) is 11.1 Å². The fraction of sp³-hybridized carbons (Fsp3) is 0.444. The van der Waals surface area contributed by atoms with Crippen LogP contribution in [0.15, 0.2) is 0 Å². The first kappa shape index (κ1) is 13.1. The molecule has 0 atom stereocenters. The fourth-order valence-corrected chi connectivity index (χ4v) is 1.53. The van der Waals surface area contributed by atoms with Gasteiger partial charge in [0, 0.05) is 13.6 Å². The van der Waals surface area contributed by atoms with Crippen LogP contribution in [0.25, 0.3) is 0 Å². The molecular weight excluding hydrogens is 246 g/mol. The van der Waals surface area contributed by atoms with Crippen LogP contribution in [0.1, 0.15) is 12.1 Å². The van der Waals surface area contributed by atoms with E-state index in [1.54, 1.807) is 7.05 Å². The third-order valence-corrected chi connectivity index (χ3v) is 2.28. The largest absolute Gasteiger partial charge is 0.353 e. The molecule has 0 radical (unpaired) electrons. The summed E-state index contributed by atoms with van der Waals surface area (Å²) in [6.07, 6.45) is 0.244. The highest BCUT2D eigenvalue weighted by atomic mass is 35.5. The first-order valence-electron chi connectivity index (χ1n) is 4.74. The molecule has 0 spiro atoms. The van der Waals surface area contributed by atoms with E-state index >= 15 is 0 Å². The molecule has 1 aromatic rings. The highest BCUT2D eigenvalue weighted by Gasteiger charge is 2.24. The summed E-state index contributed by atoms with van der Waals surface area (Å²) in [5.74, 6) is 0.128. The van der Waals surface area contributed by atoms with Gasteiger partial charge in [-0.2, -0.15) is 10.2 Å². The first-order chi connectivity index (χ1) is 7.97. The van der Waals surface area contributed by atoms with Gasteiger partial charge in [0.05, 0.1) is 17.4 Å². The van der Waals surface area contributed by atoms with Crippen molar-refractivity contribution in [1.82, 2.24) is 9.97 Å². The Bertz CT molecular complexity index is 485. The molecular formula is C9H10ClN5O2. The Morgan fingerprint density at radius 3 is 2.76 bits per heavy atom. The Balaban J connectivity index is 3.21. The van der Waals surface area contributed by atoms with E-state index in [0.717, 1.165) is 0 Å². The maximum Gasteiger partial charge on any atom is 0.332 e. The molecule has 0 aliphatic rings. The van der Waals surface area contributed by atoms with Crippen molar-refractivity contribution in [3.8, 4) is 6.07 Å². The van der Waals surface area contributed by atoms with Gasteiger partial charge in [-0.15, -0.1) is 0 Å². The summed E-state index contributed by atoms with van der Waals surface area (Å²) in [6, 6.07) is 1.96. The average molecular weight is 256 g/mol. The number of nitriles is 1. The van der Waals surface area contributed by atoms with Crippen LogP contribution in [0, 0.1) is 28.4 Å². The van der Waals surface area contributed by atoms with E-state index in [-0.39, 0.29) is 28.9 Å². The number of hydrogen-bond donors (Lipinski definition) is 0.